The highest BCUT2D eigenvalue weighted by molar-refractivity contribution is 8.01. The Morgan fingerprint density at radius 1 is 1.07 bits per heavy atom. The summed E-state index contributed by atoms with van der Waals surface area (Å²) >= 11 is 7.23. The van der Waals surface area contributed by atoms with Crippen LogP contribution in [0.3, 0.4) is 0 Å². The van der Waals surface area contributed by atoms with Crippen molar-refractivity contribution in [1.82, 2.24) is 10.4 Å². The number of likely N-dealkylation sites (tertiary alicyclic amines) is 1. The maximum absolute atomic E-state index is 12.4. The Kier molecular flexibility index (Phi) is 7.02. The minimum Gasteiger partial charge on any atom is -0.480 e. The van der Waals surface area contributed by atoms with Crippen molar-refractivity contribution in [2.24, 2.45) is 0 Å². The molecule has 1 heterocycles. The molecule has 9 heteroatoms. The second kappa shape index (κ2) is 9.49. The number of thioether (sulfide) groups is 1. The SMILES string of the molecule is O=C(O)CN1CCC(Sc2ccc(Oc3ccc(Cl)cc3)cc2)(C(=O)NO)CC1. The molecule has 1 fully saturated rings. The van der Waals surface area contributed by atoms with Crippen LogP contribution in [-0.2, 0) is 9.59 Å². The third kappa shape index (κ3) is 5.63. The van der Waals surface area contributed by atoms with E-state index >= 15 is 0 Å². The van der Waals surface area contributed by atoms with E-state index in [9.17, 15) is 14.8 Å². The number of aliphatic carboxylic acids is 1. The van der Waals surface area contributed by atoms with E-state index in [0.717, 1.165) is 4.90 Å². The highest BCUT2D eigenvalue weighted by Crippen LogP contribution is 2.42. The predicted molar refractivity (Wildman–Crippen MR) is 110 cm³/mol. The Morgan fingerprint density at radius 2 is 1.62 bits per heavy atom. The Labute approximate surface area is 177 Å². The van der Waals surface area contributed by atoms with Gasteiger partial charge in [-0.3, -0.25) is 19.7 Å². The average molecular weight is 437 g/mol. The van der Waals surface area contributed by atoms with Gasteiger partial charge < -0.3 is 9.84 Å². The van der Waals surface area contributed by atoms with E-state index in [4.69, 9.17) is 21.4 Å². The molecule has 7 nitrogen and oxygen atoms in total. The fourth-order valence-corrected chi connectivity index (χ4v) is 4.56. The second-order valence-corrected chi connectivity index (χ2v) is 8.63. The summed E-state index contributed by atoms with van der Waals surface area (Å²) in [5, 5.41) is 18.8. The molecule has 2 aromatic carbocycles. The predicted octanol–water partition coefficient (Wildman–Crippen LogP) is 3.65. The molecule has 1 saturated heterocycles. The summed E-state index contributed by atoms with van der Waals surface area (Å²) in [6, 6.07) is 14.4. The first-order valence-corrected chi connectivity index (χ1v) is 10.2. The standard InChI is InChI=1S/C20H21ClN2O5S/c21-14-1-3-15(4-2-14)28-16-5-7-17(8-6-16)29-20(19(26)22-27)9-11-23(12-10-20)13-18(24)25/h1-8,27H,9-13H2,(H,22,26)(H,24,25). The monoisotopic (exact) mass is 436 g/mol. The van der Waals surface area contributed by atoms with Crippen LogP contribution in [0, 0.1) is 0 Å². The van der Waals surface area contributed by atoms with Crippen molar-refractivity contribution in [2.75, 3.05) is 19.6 Å². The molecule has 3 N–H and O–H groups in total. The summed E-state index contributed by atoms with van der Waals surface area (Å²) in [6.45, 7) is 0.868. The van der Waals surface area contributed by atoms with Crippen molar-refractivity contribution in [3.63, 3.8) is 0 Å². The molecule has 0 aliphatic carbocycles. The zero-order valence-corrected chi connectivity index (χ0v) is 17.1. The van der Waals surface area contributed by atoms with Gasteiger partial charge in [0.05, 0.1) is 6.54 Å². The van der Waals surface area contributed by atoms with Gasteiger partial charge in [-0.15, -0.1) is 11.8 Å². The Hall–Kier alpha value is -2.26. The van der Waals surface area contributed by atoms with Crippen molar-refractivity contribution in [1.29, 1.82) is 0 Å². The number of hydrogen-bond acceptors (Lipinski definition) is 6. The minimum absolute atomic E-state index is 0.0573. The normalized spacial score (nSPS) is 16.2. The number of carbonyl (C=O) groups excluding carboxylic acids is 1. The van der Waals surface area contributed by atoms with Crippen molar-refractivity contribution in [3.05, 3.63) is 53.6 Å². The number of piperidine rings is 1. The Balaban J connectivity index is 1.67. The molecular weight excluding hydrogens is 416 g/mol. The van der Waals surface area contributed by atoms with Gasteiger partial charge in [0.1, 0.15) is 16.2 Å². The number of hydroxylamine groups is 1. The quantitative estimate of drug-likeness (QED) is 0.450. The first kappa shape index (κ1) is 21.4. The molecule has 1 amide bonds. The van der Waals surface area contributed by atoms with E-state index < -0.39 is 16.6 Å². The minimum atomic E-state index is -0.895. The zero-order valence-electron chi connectivity index (χ0n) is 15.5. The van der Waals surface area contributed by atoms with E-state index in [0.29, 0.717) is 42.5 Å². The number of rotatable bonds is 7. The molecule has 0 aromatic heterocycles. The van der Waals surface area contributed by atoms with Crippen molar-refractivity contribution in [3.8, 4) is 11.5 Å². The zero-order chi connectivity index (χ0) is 20.9. The van der Waals surface area contributed by atoms with Crippen LogP contribution in [0.1, 0.15) is 12.8 Å². The highest BCUT2D eigenvalue weighted by atomic mass is 35.5. The first-order chi connectivity index (χ1) is 13.9. The lowest BCUT2D eigenvalue weighted by Crippen LogP contribution is -2.51. The van der Waals surface area contributed by atoms with Crippen molar-refractivity contribution in [2.45, 2.75) is 22.5 Å². The van der Waals surface area contributed by atoms with Gasteiger partial charge in [0, 0.05) is 23.0 Å². The molecule has 29 heavy (non-hydrogen) atoms. The summed E-state index contributed by atoms with van der Waals surface area (Å²) in [4.78, 5) is 25.9. The highest BCUT2D eigenvalue weighted by Gasteiger charge is 2.42. The molecule has 0 spiro atoms. The van der Waals surface area contributed by atoms with E-state index in [-0.39, 0.29) is 6.54 Å². The lowest BCUT2D eigenvalue weighted by molar-refractivity contribution is -0.138. The van der Waals surface area contributed by atoms with Gasteiger partial charge in [-0.25, -0.2) is 5.48 Å². The topological polar surface area (TPSA) is 99.1 Å². The summed E-state index contributed by atoms with van der Waals surface area (Å²) in [5.41, 5.74) is 1.77. The summed E-state index contributed by atoms with van der Waals surface area (Å²) < 4.78 is 4.91. The van der Waals surface area contributed by atoms with Gasteiger partial charge in [-0.2, -0.15) is 0 Å². The number of carboxylic acids is 1. The van der Waals surface area contributed by atoms with Gasteiger partial charge >= 0.3 is 5.97 Å². The van der Waals surface area contributed by atoms with Gasteiger partial charge in [0.15, 0.2) is 0 Å². The summed E-state index contributed by atoms with van der Waals surface area (Å²) in [6.07, 6.45) is 0.862. The molecule has 0 radical (unpaired) electrons. The van der Waals surface area contributed by atoms with E-state index in [1.807, 2.05) is 12.1 Å². The smallest absolute Gasteiger partial charge is 0.317 e. The van der Waals surface area contributed by atoms with Crippen LogP contribution in [-0.4, -0.2) is 51.5 Å². The Bertz CT molecular complexity index is 852. The van der Waals surface area contributed by atoms with Gasteiger partial charge in [0.2, 0.25) is 0 Å². The molecule has 0 bridgehead atoms. The van der Waals surface area contributed by atoms with E-state index in [2.05, 4.69) is 0 Å². The van der Waals surface area contributed by atoms with Crippen LogP contribution in [0.2, 0.25) is 5.02 Å². The number of amides is 1. The van der Waals surface area contributed by atoms with Gasteiger partial charge in [-0.05, 0) is 61.4 Å². The summed E-state index contributed by atoms with van der Waals surface area (Å²) in [5.74, 6) is -0.0580. The number of halogens is 1. The number of carboxylic acid groups (broad SMARTS) is 1. The van der Waals surface area contributed by atoms with Crippen LogP contribution in [0.4, 0.5) is 0 Å². The van der Waals surface area contributed by atoms with Crippen LogP contribution < -0.4 is 10.2 Å². The van der Waals surface area contributed by atoms with E-state index in [1.165, 1.54) is 11.8 Å². The summed E-state index contributed by atoms with van der Waals surface area (Å²) in [7, 11) is 0. The molecule has 3 rings (SSSR count). The van der Waals surface area contributed by atoms with Gasteiger partial charge in [0.25, 0.3) is 5.91 Å². The number of nitrogens with one attached hydrogen (secondary N) is 1. The fourth-order valence-electron chi connectivity index (χ4n) is 3.18. The van der Waals surface area contributed by atoms with Crippen LogP contribution in [0.5, 0.6) is 11.5 Å². The number of benzene rings is 2. The molecular formula is C20H21ClN2O5S. The third-order valence-electron chi connectivity index (χ3n) is 4.72. The van der Waals surface area contributed by atoms with Crippen LogP contribution >= 0.6 is 23.4 Å². The number of ether oxygens (including phenoxy) is 1. The molecule has 2 aromatic rings. The average Bonchev–Trinajstić information content (AvgIpc) is 2.72. The number of carbonyl (C=O) groups is 2. The molecule has 0 atom stereocenters. The van der Waals surface area contributed by atoms with Crippen LogP contribution in [0.15, 0.2) is 53.4 Å². The molecule has 154 valence electrons. The second-order valence-electron chi connectivity index (χ2n) is 6.73. The maximum atomic E-state index is 12.4. The molecule has 0 unspecified atom stereocenters. The lowest BCUT2D eigenvalue weighted by Gasteiger charge is -2.39. The Morgan fingerprint density at radius 3 is 2.14 bits per heavy atom. The van der Waals surface area contributed by atoms with E-state index in [1.54, 1.807) is 46.8 Å². The lowest BCUT2D eigenvalue weighted by atomic mass is 9.95. The third-order valence-corrected chi connectivity index (χ3v) is 6.47. The maximum Gasteiger partial charge on any atom is 0.317 e. The van der Waals surface area contributed by atoms with Gasteiger partial charge in [-0.1, -0.05) is 11.6 Å². The molecule has 1 aliphatic rings. The number of hydrogen-bond donors (Lipinski definition) is 3. The van der Waals surface area contributed by atoms with Crippen molar-refractivity contribution >= 4 is 35.2 Å². The first-order valence-electron chi connectivity index (χ1n) is 9.01. The largest absolute Gasteiger partial charge is 0.480 e. The van der Waals surface area contributed by atoms with Crippen LogP contribution in [0.25, 0.3) is 0 Å². The number of nitrogens with zero attached hydrogens (tertiary/aromatic N) is 1. The molecule has 0 saturated carbocycles. The fraction of sp³-hybridized carbons (Fsp3) is 0.300. The molecule has 1 aliphatic heterocycles. The van der Waals surface area contributed by atoms with Crippen molar-refractivity contribution < 1.29 is 24.6 Å².